The Labute approximate surface area is 398 Å². The number of fused-ring (bicyclic) bond motifs is 5. The molecule has 0 bridgehead atoms. The first-order valence-electron chi connectivity index (χ1n) is 23.6. The molecule has 17 nitrogen and oxygen atoms in total. The van der Waals surface area contributed by atoms with Crippen molar-refractivity contribution >= 4 is 46.2 Å². The Morgan fingerprint density at radius 1 is 0.750 bits per heavy atom. The molecule has 0 spiro atoms. The zero-order valence-corrected chi connectivity index (χ0v) is 40.2. The monoisotopic (exact) mass is 942 g/mol. The van der Waals surface area contributed by atoms with Gasteiger partial charge in [0.2, 0.25) is 18.0 Å². The van der Waals surface area contributed by atoms with Gasteiger partial charge in [-0.3, -0.25) is 14.2 Å². The molecular formula is C50H58N10O7S. The highest BCUT2D eigenvalue weighted by Gasteiger charge is 2.40. The summed E-state index contributed by atoms with van der Waals surface area (Å²) in [5.41, 5.74) is 7.59. The number of nitrogens with zero attached hydrogens (tertiary/aromatic N) is 6. The van der Waals surface area contributed by atoms with Crippen LogP contribution in [-0.2, 0) is 19.1 Å². The summed E-state index contributed by atoms with van der Waals surface area (Å²) in [5.74, 6) is 2.08. The zero-order valence-electron chi connectivity index (χ0n) is 39.4. The molecule has 10 rings (SSSR count). The molecule has 4 aliphatic rings. The number of hydrogen-bond acceptors (Lipinski definition) is 11. The Balaban J connectivity index is 0.963. The summed E-state index contributed by atoms with van der Waals surface area (Å²) in [6.45, 7) is 10.9. The molecule has 2 saturated heterocycles. The van der Waals surface area contributed by atoms with E-state index in [-0.39, 0.29) is 35.7 Å². The molecule has 4 aromatic heterocycles. The van der Waals surface area contributed by atoms with Gasteiger partial charge in [0.15, 0.2) is 0 Å². The minimum Gasteiger partial charge on any atom is -0.464 e. The number of aromatic amines is 2. The van der Waals surface area contributed by atoms with Crippen molar-refractivity contribution in [2.24, 2.45) is 11.8 Å². The summed E-state index contributed by atoms with van der Waals surface area (Å²) >= 11 is 1.71. The van der Waals surface area contributed by atoms with E-state index in [1.165, 1.54) is 14.2 Å². The van der Waals surface area contributed by atoms with Gasteiger partial charge < -0.3 is 44.6 Å². The van der Waals surface area contributed by atoms with E-state index in [9.17, 15) is 19.2 Å². The number of nitrogens with one attached hydrogen (secondary N) is 4. The number of likely N-dealkylation sites (tertiary alicyclic amines) is 2. The standard InChI is InChI=1S/C50H58N10O7S/c1-25(2)41(56-49(63)65-6)46(61)58-16-8-10-35(58)43-51-22-32(54-43)29-14-15-34-31(19-29)20-37-40-27(5)18-30(21-38(40)67-48(60(34)37)39-24-53-45(68-39)28-12-13-28)33-23-52-44(55-33)36-11-9-17-59(36)47(62)42(26(3)4)57-50(64)66-7/h14-15,18-26,28,35-36,41-42,48H,8-13,16-17H2,1-7H3,(H,51,54)(H,52,55)(H,56,63)(H,57,64)/t35-,36-,41-,42-,48?/m0/s1. The summed E-state index contributed by atoms with van der Waals surface area (Å²) in [5, 5.41) is 7.63. The number of hydrogen-bond donors (Lipinski definition) is 4. The van der Waals surface area contributed by atoms with E-state index < -0.39 is 30.5 Å². The Bertz CT molecular complexity index is 2910. The van der Waals surface area contributed by atoms with Crippen LogP contribution in [0, 0.1) is 18.8 Å². The van der Waals surface area contributed by atoms with Crippen LogP contribution in [-0.4, -0.2) is 103 Å². The number of aromatic nitrogens is 6. The predicted octanol–water partition coefficient (Wildman–Crippen LogP) is 8.76. The van der Waals surface area contributed by atoms with Crippen LogP contribution in [0.15, 0.2) is 55.0 Å². The van der Waals surface area contributed by atoms with Crippen molar-refractivity contribution in [1.82, 2.24) is 49.9 Å². The lowest BCUT2D eigenvalue weighted by molar-refractivity contribution is -0.136. The van der Waals surface area contributed by atoms with Crippen molar-refractivity contribution in [1.29, 1.82) is 0 Å². The van der Waals surface area contributed by atoms with Gasteiger partial charge in [-0.15, -0.1) is 11.3 Å². The predicted molar refractivity (Wildman–Crippen MR) is 256 cm³/mol. The van der Waals surface area contributed by atoms with E-state index in [1.54, 1.807) is 11.3 Å². The molecule has 4 N–H and O–H groups in total. The Morgan fingerprint density at radius 2 is 1.34 bits per heavy atom. The van der Waals surface area contributed by atoms with Crippen molar-refractivity contribution in [2.75, 3.05) is 27.3 Å². The largest absolute Gasteiger partial charge is 0.464 e. The topological polar surface area (TPSA) is 202 Å². The van der Waals surface area contributed by atoms with Crippen LogP contribution in [0.2, 0.25) is 0 Å². The number of rotatable bonds is 12. The van der Waals surface area contributed by atoms with Crippen molar-refractivity contribution in [3.8, 4) is 39.5 Å². The second kappa shape index (κ2) is 18.1. The molecule has 4 amide bonds. The minimum absolute atomic E-state index is 0.129. The van der Waals surface area contributed by atoms with Crippen LogP contribution >= 0.6 is 11.3 Å². The molecule has 1 unspecified atom stereocenters. The zero-order chi connectivity index (χ0) is 47.5. The van der Waals surface area contributed by atoms with E-state index in [0.717, 1.165) is 104 Å². The SMILES string of the molecule is COC(=O)N[C@H](C(=O)N1CCC[C@H]1c1ncc(-c2cc(C)c3c(c2)OC(c2cnc(C4CC4)s2)n2c-3cc3cc(-c4cnc([C@@H]5CCCN5C(=O)[C@@H](NC(=O)OC)C(C)C)[nH]4)ccc32)[nH]1)C(C)C. The third-order valence-corrected chi connectivity index (χ3v) is 15.1. The highest BCUT2D eigenvalue weighted by Crippen LogP contribution is 2.50. The molecule has 356 valence electrons. The van der Waals surface area contributed by atoms with Gasteiger partial charge in [-0.05, 0) is 93.2 Å². The van der Waals surface area contributed by atoms with Crippen LogP contribution < -0.4 is 15.4 Å². The van der Waals surface area contributed by atoms with E-state index in [4.69, 9.17) is 29.2 Å². The Morgan fingerprint density at radius 3 is 1.90 bits per heavy atom. The molecule has 1 saturated carbocycles. The van der Waals surface area contributed by atoms with Gasteiger partial charge in [-0.25, -0.2) is 24.5 Å². The second-order valence-electron chi connectivity index (χ2n) is 19.1. The average Bonchev–Trinajstić information content (AvgIpc) is 4.05. The highest BCUT2D eigenvalue weighted by atomic mass is 32.1. The fraction of sp³-hybridized carbons (Fsp3) is 0.460. The van der Waals surface area contributed by atoms with Crippen LogP contribution in [0.25, 0.3) is 44.7 Å². The van der Waals surface area contributed by atoms with Gasteiger partial charge in [-0.1, -0.05) is 33.8 Å². The molecule has 18 heteroatoms. The molecule has 0 radical (unpaired) electrons. The molecular weight excluding hydrogens is 885 g/mol. The lowest BCUT2D eigenvalue weighted by atomic mass is 9.98. The molecule has 2 aromatic carbocycles. The van der Waals surface area contributed by atoms with E-state index in [1.807, 2.05) is 56.1 Å². The van der Waals surface area contributed by atoms with Crippen molar-refractivity contribution < 1.29 is 33.4 Å². The van der Waals surface area contributed by atoms with Crippen molar-refractivity contribution in [2.45, 2.75) is 109 Å². The first kappa shape index (κ1) is 45.1. The highest BCUT2D eigenvalue weighted by molar-refractivity contribution is 7.11. The van der Waals surface area contributed by atoms with Gasteiger partial charge >= 0.3 is 12.2 Å². The third kappa shape index (κ3) is 8.25. The molecule has 3 fully saturated rings. The van der Waals surface area contributed by atoms with E-state index >= 15 is 0 Å². The number of thiazole rings is 1. The average molecular weight is 943 g/mol. The van der Waals surface area contributed by atoms with Crippen LogP contribution in [0.5, 0.6) is 5.75 Å². The number of methoxy groups -OCH3 is 2. The number of benzene rings is 2. The number of aryl methyl sites for hydroxylation is 1. The Hall–Kier alpha value is -6.69. The van der Waals surface area contributed by atoms with E-state index in [0.29, 0.717) is 30.7 Å². The number of amides is 4. The summed E-state index contributed by atoms with van der Waals surface area (Å²) in [7, 11) is 2.59. The Kier molecular flexibility index (Phi) is 12.0. The maximum Gasteiger partial charge on any atom is 0.407 e. The molecule has 7 heterocycles. The minimum atomic E-state index is -0.722. The fourth-order valence-electron chi connectivity index (χ4n) is 10.2. The summed E-state index contributed by atoms with van der Waals surface area (Å²) in [6, 6.07) is 10.9. The second-order valence-corrected chi connectivity index (χ2v) is 20.2. The summed E-state index contributed by atoms with van der Waals surface area (Å²) in [6.07, 6.45) is 9.35. The number of carbonyl (C=O) groups excluding carboxylic acids is 4. The first-order valence-corrected chi connectivity index (χ1v) is 24.5. The fourth-order valence-corrected chi connectivity index (χ4v) is 11.3. The number of ether oxygens (including phenoxy) is 3. The normalized spacial score (nSPS) is 19.8. The lowest BCUT2D eigenvalue weighted by Gasteiger charge is -2.30. The lowest BCUT2D eigenvalue weighted by Crippen LogP contribution is -2.51. The third-order valence-electron chi connectivity index (χ3n) is 13.9. The molecule has 1 aliphatic carbocycles. The van der Waals surface area contributed by atoms with E-state index in [2.05, 4.69) is 68.5 Å². The van der Waals surface area contributed by atoms with Crippen LogP contribution in [0.4, 0.5) is 9.59 Å². The maximum atomic E-state index is 13.9. The first-order chi connectivity index (χ1) is 32.8. The van der Waals surface area contributed by atoms with Crippen LogP contribution in [0.3, 0.4) is 0 Å². The molecule has 5 atom stereocenters. The van der Waals surface area contributed by atoms with Crippen molar-refractivity contribution in [3.63, 3.8) is 0 Å². The number of alkyl carbamates (subject to hydrolysis) is 2. The summed E-state index contributed by atoms with van der Waals surface area (Å²) < 4.78 is 19.0. The van der Waals surface area contributed by atoms with Crippen LogP contribution in [0.1, 0.15) is 118 Å². The van der Waals surface area contributed by atoms with Gasteiger partial charge in [-0.2, -0.15) is 0 Å². The molecule has 6 aromatic rings. The maximum absolute atomic E-state index is 13.9. The van der Waals surface area contributed by atoms with Gasteiger partial charge in [0, 0.05) is 47.3 Å². The number of imidazole rings is 2. The van der Waals surface area contributed by atoms with Crippen molar-refractivity contribution in [3.05, 3.63) is 82.1 Å². The quantitative estimate of drug-likeness (QED) is 0.0919. The summed E-state index contributed by atoms with van der Waals surface area (Å²) in [4.78, 5) is 78.2. The molecule has 68 heavy (non-hydrogen) atoms. The van der Waals surface area contributed by atoms with Gasteiger partial charge in [0.1, 0.15) is 29.5 Å². The molecule has 3 aliphatic heterocycles. The smallest absolute Gasteiger partial charge is 0.407 e. The van der Waals surface area contributed by atoms with Gasteiger partial charge in [0.05, 0.1) is 71.2 Å². The number of carbonyl (C=O) groups is 4. The van der Waals surface area contributed by atoms with Gasteiger partial charge in [0.25, 0.3) is 0 Å². The number of H-pyrrole nitrogens is 2.